The second-order valence-electron chi connectivity index (χ2n) is 8.72. The molecule has 16 heteroatoms. The Morgan fingerprint density at radius 1 is 1.05 bits per heavy atom. The first-order valence-electron chi connectivity index (χ1n) is 11.4. The molecule has 1 amide bonds. The largest absolute Gasteiger partial charge is 0.492 e. The SMILES string of the molecule is O=C(O)C(F)(F)F.O=C(O)C(F)(F)F.O=C1NC[C@@H](COc2cccnc2)[C@]12CCN(Cc1ccccc1F)C2. The first kappa shape index (κ1) is 32.3. The van der Waals surface area contributed by atoms with E-state index in [0.717, 1.165) is 13.0 Å². The zero-order valence-electron chi connectivity index (χ0n) is 20.5. The highest BCUT2D eigenvalue weighted by Gasteiger charge is 2.54. The molecule has 0 saturated carbocycles. The Bertz CT molecular complexity index is 1140. The molecule has 1 spiro atoms. The Labute approximate surface area is 222 Å². The van der Waals surface area contributed by atoms with E-state index < -0.39 is 29.7 Å². The number of pyridine rings is 1. The van der Waals surface area contributed by atoms with Gasteiger partial charge in [-0.3, -0.25) is 14.7 Å². The van der Waals surface area contributed by atoms with Crippen molar-refractivity contribution in [3.8, 4) is 5.75 Å². The summed E-state index contributed by atoms with van der Waals surface area (Å²) in [5.41, 5.74) is 0.221. The molecule has 2 atom stereocenters. The number of carboxylic acids is 2. The zero-order chi connectivity index (χ0) is 30.1. The average Bonchev–Trinajstić information content (AvgIpc) is 3.43. The molecule has 40 heavy (non-hydrogen) atoms. The molecule has 0 radical (unpaired) electrons. The molecule has 0 unspecified atom stereocenters. The number of benzene rings is 1. The van der Waals surface area contributed by atoms with Gasteiger partial charge in [-0.2, -0.15) is 26.3 Å². The lowest BCUT2D eigenvalue weighted by atomic mass is 9.77. The normalized spacial score (nSPS) is 20.6. The van der Waals surface area contributed by atoms with Gasteiger partial charge in [0.25, 0.3) is 0 Å². The van der Waals surface area contributed by atoms with Gasteiger partial charge in [-0.05, 0) is 31.2 Å². The lowest BCUT2D eigenvalue weighted by Gasteiger charge is -2.28. The summed E-state index contributed by atoms with van der Waals surface area (Å²) in [6.07, 6.45) is -6.02. The van der Waals surface area contributed by atoms with E-state index in [1.807, 2.05) is 18.2 Å². The Hall–Kier alpha value is -3.95. The van der Waals surface area contributed by atoms with Crippen LogP contribution in [0.4, 0.5) is 30.7 Å². The van der Waals surface area contributed by atoms with Crippen LogP contribution in [-0.2, 0) is 20.9 Å². The van der Waals surface area contributed by atoms with Gasteiger partial charge in [0, 0.05) is 37.3 Å². The van der Waals surface area contributed by atoms with Crippen LogP contribution in [0, 0.1) is 17.2 Å². The molecule has 4 rings (SSSR count). The van der Waals surface area contributed by atoms with E-state index in [4.69, 9.17) is 24.5 Å². The maximum absolute atomic E-state index is 13.9. The van der Waals surface area contributed by atoms with E-state index >= 15 is 0 Å². The summed E-state index contributed by atoms with van der Waals surface area (Å²) in [6.45, 7) is 3.03. The number of nitrogens with one attached hydrogen (secondary N) is 1. The number of likely N-dealkylation sites (tertiary alicyclic amines) is 1. The van der Waals surface area contributed by atoms with Crippen molar-refractivity contribution in [1.82, 2.24) is 15.2 Å². The number of carbonyl (C=O) groups is 3. The number of alkyl halides is 6. The highest BCUT2D eigenvalue weighted by atomic mass is 19.4. The van der Waals surface area contributed by atoms with Crippen LogP contribution in [0.5, 0.6) is 5.75 Å². The number of ether oxygens (including phenoxy) is 1. The maximum Gasteiger partial charge on any atom is 0.490 e. The van der Waals surface area contributed by atoms with Crippen molar-refractivity contribution in [2.75, 3.05) is 26.2 Å². The van der Waals surface area contributed by atoms with Gasteiger partial charge in [-0.25, -0.2) is 14.0 Å². The minimum atomic E-state index is -5.08. The van der Waals surface area contributed by atoms with Crippen LogP contribution in [0.1, 0.15) is 12.0 Å². The van der Waals surface area contributed by atoms with Crippen LogP contribution >= 0.6 is 0 Å². The molecule has 2 saturated heterocycles. The summed E-state index contributed by atoms with van der Waals surface area (Å²) in [7, 11) is 0. The number of carboxylic acid groups (broad SMARTS) is 2. The topological polar surface area (TPSA) is 129 Å². The van der Waals surface area contributed by atoms with Gasteiger partial charge in [-0.1, -0.05) is 18.2 Å². The Kier molecular flexibility index (Phi) is 10.8. The summed E-state index contributed by atoms with van der Waals surface area (Å²) < 4.78 is 83.3. The van der Waals surface area contributed by atoms with E-state index in [0.29, 0.717) is 37.6 Å². The third-order valence-electron chi connectivity index (χ3n) is 6.04. The predicted molar refractivity (Wildman–Crippen MR) is 122 cm³/mol. The monoisotopic (exact) mass is 583 g/mol. The fraction of sp³-hybridized carbons (Fsp3) is 0.417. The Morgan fingerprint density at radius 2 is 1.65 bits per heavy atom. The number of hydrogen-bond acceptors (Lipinski definition) is 6. The number of amides is 1. The van der Waals surface area contributed by atoms with Crippen LogP contribution in [0.3, 0.4) is 0 Å². The summed E-state index contributed by atoms with van der Waals surface area (Å²) >= 11 is 0. The van der Waals surface area contributed by atoms with Crippen LogP contribution in [-0.4, -0.2) is 76.5 Å². The van der Waals surface area contributed by atoms with Crippen molar-refractivity contribution in [3.05, 3.63) is 60.2 Å². The number of aliphatic carboxylic acids is 2. The van der Waals surface area contributed by atoms with Gasteiger partial charge in [-0.15, -0.1) is 0 Å². The molecule has 0 bridgehead atoms. The smallest absolute Gasteiger partial charge is 0.490 e. The molecule has 2 fully saturated rings. The fourth-order valence-corrected chi connectivity index (χ4v) is 4.06. The number of aromatic nitrogens is 1. The van der Waals surface area contributed by atoms with E-state index in [1.54, 1.807) is 24.5 Å². The summed E-state index contributed by atoms with van der Waals surface area (Å²) in [5, 5.41) is 17.2. The van der Waals surface area contributed by atoms with Crippen LogP contribution < -0.4 is 10.1 Å². The third kappa shape index (κ3) is 9.07. The second-order valence-corrected chi connectivity index (χ2v) is 8.72. The van der Waals surface area contributed by atoms with Crippen LogP contribution in [0.25, 0.3) is 0 Å². The first-order chi connectivity index (χ1) is 18.6. The number of halogens is 7. The molecule has 0 aliphatic carbocycles. The van der Waals surface area contributed by atoms with E-state index in [9.17, 15) is 35.5 Å². The minimum absolute atomic E-state index is 0.0910. The van der Waals surface area contributed by atoms with Gasteiger partial charge in [0.1, 0.15) is 11.6 Å². The summed E-state index contributed by atoms with van der Waals surface area (Å²) in [4.78, 5) is 36.6. The van der Waals surface area contributed by atoms with Crippen LogP contribution in [0.2, 0.25) is 0 Å². The standard InChI is InChI=1S/C20H22FN3O2.2C2HF3O2/c21-18-6-2-1-4-15(18)12-24-9-7-20(14-24)16(10-23-19(20)25)13-26-17-5-3-8-22-11-17;2*3-2(4,5)1(6)7/h1-6,8,11,16H,7,9-10,12-14H2,(H,23,25);2*(H,6,7)/t16-,20+;;/m0../s1. The van der Waals surface area contributed by atoms with Crippen molar-refractivity contribution in [2.45, 2.75) is 25.3 Å². The maximum atomic E-state index is 13.9. The van der Waals surface area contributed by atoms with Gasteiger partial charge in [0.05, 0.1) is 18.2 Å². The van der Waals surface area contributed by atoms with Gasteiger partial charge >= 0.3 is 24.3 Å². The highest BCUT2D eigenvalue weighted by Crippen LogP contribution is 2.42. The second kappa shape index (κ2) is 13.4. The molecule has 2 aliphatic heterocycles. The molecule has 2 aliphatic rings. The number of rotatable bonds is 5. The molecule has 1 aromatic heterocycles. The predicted octanol–water partition coefficient (Wildman–Crippen LogP) is 3.50. The quantitative estimate of drug-likeness (QED) is 0.457. The van der Waals surface area contributed by atoms with Crippen molar-refractivity contribution in [1.29, 1.82) is 0 Å². The Balaban J connectivity index is 0.000000333. The Morgan fingerprint density at radius 3 is 2.17 bits per heavy atom. The van der Waals surface area contributed by atoms with Crippen LogP contribution in [0.15, 0.2) is 48.8 Å². The molecule has 3 N–H and O–H groups in total. The van der Waals surface area contributed by atoms with E-state index in [-0.39, 0.29) is 17.6 Å². The summed E-state index contributed by atoms with van der Waals surface area (Å²) in [5.74, 6) is -4.81. The zero-order valence-corrected chi connectivity index (χ0v) is 20.5. The summed E-state index contributed by atoms with van der Waals surface area (Å²) in [6, 6.07) is 10.5. The molecule has 3 heterocycles. The van der Waals surface area contributed by atoms with Crippen molar-refractivity contribution < 1.29 is 60.1 Å². The average molecular weight is 583 g/mol. The fourth-order valence-electron chi connectivity index (χ4n) is 4.06. The molecule has 2 aromatic rings. The molecule has 220 valence electrons. The van der Waals surface area contributed by atoms with Gasteiger partial charge in [0.15, 0.2) is 0 Å². The van der Waals surface area contributed by atoms with Crippen molar-refractivity contribution in [2.24, 2.45) is 11.3 Å². The van der Waals surface area contributed by atoms with Crippen molar-refractivity contribution >= 4 is 17.8 Å². The number of carbonyl (C=O) groups excluding carboxylic acids is 1. The molecular formula is C24H24F7N3O6. The first-order valence-corrected chi connectivity index (χ1v) is 11.4. The number of hydrogen-bond donors (Lipinski definition) is 3. The highest BCUT2D eigenvalue weighted by molar-refractivity contribution is 5.86. The van der Waals surface area contributed by atoms with Gasteiger partial charge in [0.2, 0.25) is 5.91 Å². The molecule has 1 aromatic carbocycles. The lowest BCUT2D eigenvalue weighted by molar-refractivity contribution is -0.193. The lowest BCUT2D eigenvalue weighted by Crippen LogP contribution is -2.40. The number of nitrogens with zero attached hydrogens (tertiary/aromatic N) is 2. The van der Waals surface area contributed by atoms with Gasteiger partial charge < -0.3 is 20.3 Å². The molecule has 9 nitrogen and oxygen atoms in total. The van der Waals surface area contributed by atoms with Crippen molar-refractivity contribution in [3.63, 3.8) is 0 Å². The van der Waals surface area contributed by atoms with E-state index in [1.165, 1.54) is 6.07 Å². The third-order valence-corrected chi connectivity index (χ3v) is 6.04. The minimum Gasteiger partial charge on any atom is -0.492 e. The van der Waals surface area contributed by atoms with E-state index in [2.05, 4.69) is 15.2 Å². The molecular weight excluding hydrogens is 559 g/mol.